The summed E-state index contributed by atoms with van der Waals surface area (Å²) in [5.74, 6) is -0.219. The van der Waals surface area contributed by atoms with Crippen LogP contribution in [0.15, 0.2) is 30.5 Å². The monoisotopic (exact) mass is 440 g/mol. The normalized spacial score (nSPS) is 22.3. The van der Waals surface area contributed by atoms with E-state index >= 15 is 0 Å². The molecule has 1 aromatic heterocycles. The molecular formula is C20H23F3N4O4. The minimum Gasteiger partial charge on any atom is -0.436 e. The summed E-state index contributed by atoms with van der Waals surface area (Å²) in [7, 11) is 0. The molecule has 1 atom stereocenters. The van der Waals surface area contributed by atoms with Gasteiger partial charge in [0.05, 0.1) is 24.8 Å². The number of nitro groups is 1. The van der Waals surface area contributed by atoms with Crippen molar-refractivity contribution in [3.63, 3.8) is 0 Å². The van der Waals surface area contributed by atoms with Crippen LogP contribution in [0.5, 0.6) is 6.01 Å². The quantitative estimate of drug-likeness (QED) is 0.504. The summed E-state index contributed by atoms with van der Waals surface area (Å²) < 4.78 is 51.4. The van der Waals surface area contributed by atoms with Gasteiger partial charge in [-0.25, -0.2) is 0 Å². The molecule has 4 rings (SSSR count). The first-order valence-corrected chi connectivity index (χ1v) is 10.0. The molecule has 168 valence electrons. The second-order valence-corrected chi connectivity index (χ2v) is 8.30. The predicted octanol–water partition coefficient (Wildman–Crippen LogP) is 3.64. The van der Waals surface area contributed by atoms with Gasteiger partial charge in [-0.15, -0.1) is 0 Å². The van der Waals surface area contributed by atoms with Crippen LogP contribution in [-0.4, -0.2) is 50.7 Å². The number of piperidine rings is 1. The lowest BCUT2D eigenvalue weighted by atomic mass is 10.0. The van der Waals surface area contributed by atoms with Crippen LogP contribution < -0.4 is 4.74 Å². The van der Waals surface area contributed by atoms with Gasteiger partial charge in [0.15, 0.2) is 0 Å². The number of alkyl halides is 3. The molecule has 1 fully saturated rings. The number of hydrogen-bond donors (Lipinski definition) is 0. The molecule has 0 aliphatic carbocycles. The number of ether oxygens (including phenoxy) is 2. The van der Waals surface area contributed by atoms with Crippen molar-refractivity contribution in [3.05, 3.63) is 51.7 Å². The van der Waals surface area contributed by atoms with Gasteiger partial charge in [0, 0.05) is 24.6 Å². The number of imidazole rings is 1. The molecule has 0 radical (unpaired) electrons. The lowest BCUT2D eigenvalue weighted by Gasteiger charge is -2.36. The average molecular weight is 440 g/mol. The molecule has 0 saturated carbocycles. The molecule has 0 spiro atoms. The lowest BCUT2D eigenvalue weighted by Crippen LogP contribution is -2.48. The fraction of sp³-hybridized carbons (Fsp3) is 0.550. The molecule has 0 amide bonds. The Morgan fingerprint density at radius 1 is 1.29 bits per heavy atom. The van der Waals surface area contributed by atoms with Crippen molar-refractivity contribution >= 4 is 5.82 Å². The van der Waals surface area contributed by atoms with Crippen molar-refractivity contribution < 1.29 is 27.6 Å². The fourth-order valence-corrected chi connectivity index (χ4v) is 4.07. The largest absolute Gasteiger partial charge is 0.436 e. The number of benzene rings is 1. The Balaban J connectivity index is 1.22. The molecule has 2 aliphatic rings. The van der Waals surface area contributed by atoms with E-state index in [9.17, 15) is 23.3 Å². The van der Waals surface area contributed by atoms with E-state index in [0.29, 0.717) is 18.7 Å². The van der Waals surface area contributed by atoms with Gasteiger partial charge in [-0.3, -0.25) is 9.47 Å². The molecule has 1 unspecified atom stereocenters. The van der Waals surface area contributed by atoms with Crippen molar-refractivity contribution in [3.8, 4) is 6.01 Å². The van der Waals surface area contributed by atoms with E-state index < -0.39 is 22.3 Å². The second-order valence-electron chi connectivity index (χ2n) is 8.30. The van der Waals surface area contributed by atoms with Gasteiger partial charge < -0.3 is 19.6 Å². The summed E-state index contributed by atoms with van der Waals surface area (Å²) in [4.78, 5) is 16.4. The Morgan fingerprint density at radius 2 is 1.97 bits per heavy atom. The molecule has 11 heteroatoms. The van der Waals surface area contributed by atoms with E-state index in [2.05, 4.69) is 9.88 Å². The van der Waals surface area contributed by atoms with Crippen LogP contribution in [0, 0.1) is 10.1 Å². The third-order valence-electron chi connectivity index (χ3n) is 5.62. The Labute approximate surface area is 176 Å². The summed E-state index contributed by atoms with van der Waals surface area (Å²) in [6, 6.07) is 5.31. The highest BCUT2D eigenvalue weighted by atomic mass is 19.4. The Morgan fingerprint density at radius 3 is 2.55 bits per heavy atom. The first-order chi connectivity index (χ1) is 14.6. The summed E-state index contributed by atoms with van der Waals surface area (Å²) in [5, 5.41) is 10.8. The van der Waals surface area contributed by atoms with Crippen LogP contribution in [0.3, 0.4) is 0 Å². The molecule has 0 N–H and O–H groups in total. The van der Waals surface area contributed by atoms with E-state index in [0.717, 1.165) is 38.1 Å². The maximum Gasteiger partial charge on any atom is 0.416 e. The Kier molecular flexibility index (Phi) is 5.65. The second kappa shape index (κ2) is 8.12. The average Bonchev–Trinajstić information content (AvgIpc) is 3.22. The third kappa shape index (κ3) is 4.99. The Hall–Kier alpha value is -2.66. The summed E-state index contributed by atoms with van der Waals surface area (Å²) >= 11 is 0. The highest BCUT2D eigenvalue weighted by molar-refractivity contribution is 5.25. The van der Waals surface area contributed by atoms with Crippen LogP contribution >= 0.6 is 0 Å². The first kappa shape index (κ1) is 21.6. The third-order valence-corrected chi connectivity index (χ3v) is 5.62. The molecular weight excluding hydrogens is 417 g/mol. The minimum absolute atomic E-state index is 0.0499. The number of nitrogens with zero attached hydrogens (tertiary/aromatic N) is 4. The predicted molar refractivity (Wildman–Crippen MR) is 104 cm³/mol. The van der Waals surface area contributed by atoms with Gasteiger partial charge in [-0.2, -0.15) is 13.2 Å². The van der Waals surface area contributed by atoms with Crippen molar-refractivity contribution in [2.45, 2.75) is 50.8 Å². The van der Waals surface area contributed by atoms with E-state index in [1.807, 2.05) is 6.92 Å². The van der Waals surface area contributed by atoms with Crippen LogP contribution in [0.2, 0.25) is 0 Å². The lowest BCUT2D eigenvalue weighted by molar-refractivity contribution is -0.389. The Bertz CT molecular complexity index is 913. The number of aromatic nitrogens is 2. The molecule has 0 bridgehead atoms. The smallest absolute Gasteiger partial charge is 0.416 e. The SMILES string of the molecule is CC1(CN2CCC(OCc3ccc(C(F)(F)F)cc3)CC2)Cn2cc([N+](=O)[O-])nc2O1. The molecule has 3 heterocycles. The van der Waals surface area contributed by atoms with Crippen molar-refractivity contribution in [1.29, 1.82) is 0 Å². The zero-order valence-corrected chi connectivity index (χ0v) is 17.0. The number of fused-ring (bicyclic) bond motifs is 1. The van der Waals surface area contributed by atoms with E-state index in [-0.39, 0.29) is 24.5 Å². The molecule has 2 aliphatic heterocycles. The van der Waals surface area contributed by atoms with Gasteiger partial charge >= 0.3 is 18.0 Å². The molecule has 8 nitrogen and oxygen atoms in total. The van der Waals surface area contributed by atoms with Gasteiger partial charge in [-0.1, -0.05) is 12.1 Å². The number of likely N-dealkylation sites (tertiary alicyclic amines) is 1. The summed E-state index contributed by atoms with van der Waals surface area (Å²) in [6.45, 7) is 5.01. The van der Waals surface area contributed by atoms with Gasteiger partial charge in [0.25, 0.3) is 0 Å². The van der Waals surface area contributed by atoms with Gasteiger partial charge in [-0.05, 0) is 42.4 Å². The van der Waals surface area contributed by atoms with Crippen LogP contribution in [0.1, 0.15) is 30.9 Å². The minimum atomic E-state index is -4.33. The first-order valence-electron chi connectivity index (χ1n) is 10.0. The highest BCUT2D eigenvalue weighted by Gasteiger charge is 2.42. The molecule has 1 saturated heterocycles. The van der Waals surface area contributed by atoms with Crippen molar-refractivity contribution in [2.24, 2.45) is 0 Å². The van der Waals surface area contributed by atoms with E-state index in [1.165, 1.54) is 18.3 Å². The van der Waals surface area contributed by atoms with Gasteiger partial charge in [0.2, 0.25) is 0 Å². The number of hydrogen-bond acceptors (Lipinski definition) is 6. The summed E-state index contributed by atoms with van der Waals surface area (Å²) in [6.07, 6.45) is -1.27. The fourth-order valence-electron chi connectivity index (χ4n) is 4.07. The van der Waals surface area contributed by atoms with Gasteiger partial charge in [0.1, 0.15) is 11.8 Å². The summed E-state index contributed by atoms with van der Waals surface area (Å²) in [5.41, 5.74) is -0.458. The molecule has 31 heavy (non-hydrogen) atoms. The number of halogens is 3. The maximum absolute atomic E-state index is 12.6. The molecule has 2 aromatic rings. The van der Waals surface area contributed by atoms with E-state index in [1.54, 1.807) is 4.57 Å². The number of rotatable bonds is 6. The van der Waals surface area contributed by atoms with Crippen LogP contribution in [0.25, 0.3) is 0 Å². The van der Waals surface area contributed by atoms with Crippen molar-refractivity contribution in [2.75, 3.05) is 19.6 Å². The zero-order valence-electron chi connectivity index (χ0n) is 17.0. The van der Waals surface area contributed by atoms with E-state index in [4.69, 9.17) is 9.47 Å². The highest BCUT2D eigenvalue weighted by Crippen LogP contribution is 2.32. The molecule has 1 aromatic carbocycles. The van der Waals surface area contributed by atoms with Crippen LogP contribution in [0.4, 0.5) is 19.0 Å². The van der Waals surface area contributed by atoms with Crippen LogP contribution in [-0.2, 0) is 24.1 Å². The van der Waals surface area contributed by atoms with Crippen molar-refractivity contribution in [1.82, 2.24) is 14.5 Å². The maximum atomic E-state index is 12.6. The standard InChI is InChI=1S/C20H23F3N4O4/c1-19(13-26-10-17(27(28)29)24-18(26)31-19)12-25-8-6-16(7-9-25)30-11-14-2-4-15(5-3-14)20(21,22)23/h2-5,10,16H,6-9,11-13H2,1H3. The topological polar surface area (TPSA) is 82.7 Å². The zero-order chi connectivity index (χ0) is 22.2.